The van der Waals surface area contributed by atoms with E-state index >= 15 is 0 Å². The van der Waals surface area contributed by atoms with Gasteiger partial charge in [-0.2, -0.15) is 0 Å². The average Bonchev–Trinajstić information content (AvgIpc) is 2.98. The third kappa shape index (κ3) is 4.05. The Kier molecular flexibility index (Phi) is 5.76. The average molecular weight is 306 g/mol. The molecule has 1 aromatic heterocycles. The van der Waals surface area contributed by atoms with Crippen LogP contribution in [0.3, 0.4) is 0 Å². The van der Waals surface area contributed by atoms with Crippen LogP contribution in [0.1, 0.15) is 37.3 Å². The molecule has 1 aromatic carbocycles. The third-order valence-corrected chi connectivity index (χ3v) is 4.49. The van der Waals surface area contributed by atoms with Crippen LogP contribution < -0.4 is 10.2 Å². The number of thiophene rings is 1. The number of rotatable bonds is 7. The molecule has 2 rings (SSSR count). The lowest BCUT2D eigenvalue weighted by atomic mass is 10.1. The van der Waals surface area contributed by atoms with Crippen molar-refractivity contribution in [2.24, 2.45) is 0 Å². The van der Waals surface area contributed by atoms with Gasteiger partial charge in [0, 0.05) is 17.5 Å². The van der Waals surface area contributed by atoms with E-state index < -0.39 is 0 Å². The number of anilines is 1. The van der Waals surface area contributed by atoms with Crippen molar-refractivity contribution in [3.05, 3.63) is 52.0 Å². The molecule has 0 amide bonds. The van der Waals surface area contributed by atoms with Gasteiger partial charge in [-0.1, -0.05) is 19.1 Å². The van der Waals surface area contributed by atoms with Crippen molar-refractivity contribution in [2.45, 2.75) is 33.4 Å². The molecule has 0 saturated carbocycles. The minimum atomic E-state index is -0.143. The molecule has 0 fully saturated rings. The Hall–Kier alpha value is -1.39. The van der Waals surface area contributed by atoms with Gasteiger partial charge in [0.25, 0.3) is 0 Å². The standard InChI is InChI=1S/C17H23FN2S/c1-4-19-13(3)14-8-9-17(16(18)11-14)20(5-2)12-15-7-6-10-21-15/h6-11,13,19H,4-5,12H2,1-3H3. The van der Waals surface area contributed by atoms with Crippen molar-refractivity contribution in [1.29, 1.82) is 0 Å². The molecule has 4 heteroatoms. The second-order valence-electron chi connectivity index (χ2n) is 5.08. The van der Waals surface area contributed by atoms with Crippen LogP contribution in [0.15, 0.2) is 35.7 Å². The Labute approximate surface area is 130 Å². The highest BCUT2D eigenvalue weighted by Gasteiger charge is 2.13. The summed E-state index contributed by atoms with van der Waals surface area (Å²) < 4.78 is 14.5. The van der Waals surface area contributed by atoms with Gasteiger partial charge in [-0.05, 0) is 49.5 Å². The molecule has 0 aliphatic heterocycles. The first-order chi connectivity index (χ1) is 10.2. The van der Waals surface area contributed by atoms with Crippen molar-refractivity contribution >= 4 is 17.0 Å². The molecule has 1 atom stereocenters. The molecular formula is C17H23FN2S. The van der Waals surface area contributed by atoms with Crippen LogP contribution >= 0.6 is 11.3 Å². The Morgan fingerprint density at radius 1 is 1.29 bits per heavy atom. The smallest absolute Gasteiger partial charge is 0.146 e. The summed E-state index contributed by atoms with van der Waals surface area (Å²) in [4.78, 5) is 3.32. The predicted molar refractivity (Wildman–Crippen MR) is 89.5 cm³/mol. The fourth-order valence-electron chi connectivity index (χ4n) is 2.43. The number of benzene rings is 1. The van der Waals surface area contributed by atoms with Crippen LogP contribution in [0.25, 0.3) is 0 Å². The van der Waals surface area contributed by atoms with Gasteiger partial charge in [-0.15, -0.1) is 11.3 Å². The topological polar surface area (TPSA) is 15.3 Å². The molecule has 114 valence electrons. The molecule has 0 spiro atoms. The summed E-state index contributed by atoms with van der Waals surface area (Å²) in [5, 5.41) is 5.37. The zero-order valence-corrected chi connectivity index (χ0v) is 13.7. The first kappa shape index (κ1) is 16.0. The Balaban J connectivity index is 2.18. The van der Waals surface area contributed by atoms with Crippen LogP contribution in [-0.4, -0.2) is 13.1 Å². The number of hydrogen-bond acceptors (Lipinski definition) is 3. The fourth-order valence-corrected chi connectivity index (χ4v) is 3.15. The van der Waals surface area contributed by atoms with Crippen molar-refractivity contribution in [3.63, 3.8) is 0 Å². The molecule has 0 aliphatic rings. The summed E-state index contributed by atoms with van der Waals surface area (Å²) in [5.74, 6) is -0.143. The summed E-state index contributed by atoms with van der Waals surface area (Å²) >= 11 is 1.71. The quantitative estimate of drug-likeness (QED) is 0.805. The maximum Gasteiger partial charge on any atom is 0.146 e. The van der Waals surface area contributed by atoms with Gasteiger partial charge < -0.3 is 10.2 Å². The van der Waals surface area contributed by atoms with Crippen LogP contribution in [0.5, 0.6) is 0 Å². The molecule has 0 radical (unpaired) electrons. The molecule has 0 aliphatic carbocycles. The number of hydrogen-bond donors (Lipinski definition) is 1. The third-order valence-electron chi connectivity index (χ3n) is 3.63. The highest BCUT2D eigenvalue weighted by atomic mass is 32.1. The van der Waals surface area contributed by atoms with Gasteiger partial charge in [-0.3, -0.25) is 0 Å². The van der Waals surface area contributed by atoms with Gasteiger partial charge >= 0.3 is 0 Å². The zero-order valence-electron chi connectivity index (χ0n) is 12.9. The molecule has 1 heterocycles. The molecule has 2 aromatic rings. The van der Waals surface area contributed by atoms with Crippen LogP contribution in [0.4, 0.5) is 10.1 Å². The maximum atomic E-state index is 14.5. The highest BCUT2D eigenvalue weighted by Crippen LogP contribution is 2.25. The summed E-state index contributed by atoms with van der Waals surface area (Å²) in [7, 11) is 0. The molecule has 0 saturated heterocycles. The van der Waals surface area contributed by atoms with E-state index in [4.69, 9.17) is 0 Å². The van der Waals surface area contributed by atoms with E-state index in [1.165, 1.54) is 4.88 Å². The van der Waals surface area contributed by atoms with Gasteiger partial charge in [0.15, 0.2) is 0 Å². The minimum absolute atomic E-state index is 0.143. The van der Waals surface area contributed by atoms with Crippen molar-refractivity contribution < 1.29 is 4.39 Å². The predicted octanol–water partition coefficient (Wildman–Crippen LogP) is 4.58. The van der Waals surface area contributed by atoms with E-state index in [1.807, 2.05) is 18.2 Å². The fraction of sp³-hybridized carbons (Fsp3) is 0.412. The molecule has 2 nitrogen and oxygen atoms in total. The van der Waals surface area contributed by atoms with Crippen LogP contribution in [0, 0.1) is 5.82 Å². The number of halogens is 1. The summed E-state index contributed by atoms with van der Waals surface area (Å²) in [6.07, 6.45) is 0. The Morgan fingerprint density at radius 2 is 2.10 bits per heavy atom. The SMILES string of the molecule is CCNC(C)c1ccc(N(CC)Cc2cccs2)c(F)c1. The first-order valence-electron chi connectivity index (χ1n) is 7.45. The number of nitrogens with one attached hydrogen (secondary N) is 1. The molecule has 1 N–H and O–H groups in total. The van der Waals surface area contributed by atoms with Crippen LogP contribution in [-0.2, 0) is 6.54 Å². The zero-order chi connectivity index (χ0) is 15.2. The minimum Gasteiger partial charge on any atom is -0.364 e. The van der Waals surface area contributed by atoms with E-state index in [9.17, 15) is 4.39 Å². The Bertz CT molecular complexity index is 554. The van der Waals surface area contributed by atoms with E-state index in [0.29, 0.717) is 5.69 Å². The van der Waals surface area contributed by atoms with Crippen LogP contribution in [0.2, 0.25) is 0 Å². The van der Waals surface area contributed by atoms with Crippen molar-refractivity contribution in [2.75, 3.05) is 18.0 Å². The molecule has 21 heavy (non-hydrogen) atoms. The normalized spacial score (nSPS) is 12.4. The molecule has 1 unspecified atom stereocenters. The van der Waals surface area contributed by atoms with E-state index in [-0.39, 0.29) is 11.9 Å². The first-order valence-corrected chi connectivity index (χ1v) is 8.33. The van der Waals surface area contributed by atoms with E-state index in [1.54, 1.807) is 17.4 Å². The monoisotopic (exact) mass is 306 g/mol. The lowest BCUT2D eigenvalue weighted by molar-refractivity contribution is 0.580. The van der Waals surface area contributed by atoms with E-state index in [0.717, 1.165) is 25.2 Å². The van der Waals surface area contributed by atoms with Crippen molar-refractivity contribution in [1.82, 2.24) is 5.32 Å². The lowest BCUT2D eigenvalue weighted by Crippen LogP contribution is -2.23. The van der Waals surface area contributed by atoms with Gasteiger partial charge in [0.2, 0.25) is 0 Å². The summed E-state index contributed by atoms with van der Waals surface area (Å²) in [5.41, 5.74) is 1.67. The number of nitrogens with zero attached hydrogens (tertiary/aromatic N) is 1. The van der Waals surface area contributed by atoms with Crippen molar-refractivity contribution in [3.8, 4) is 0 Å². The second kappa shape index (κ2) is 7.57. The van der Waals surface area contributed by atoms with Gasteiger partial charge in [0.1, 0.15) is 5.82 Å². The highest BCUT2D eigenvalue weighted by molar-refractivity contribution is 7.09. The van der Waals surface area contributed by atoms with E-state index in [2.05, 4.69) is 42.4 Å². The lowest BCUT2D eigenvalue weighted by Gasteiger charge is -2.24. The Morgan fingerprint density at radius 3 is 2.67 bits per heavy atom. The maximum absolute atomic E-state index is 14.5. The largest absolute Gasteiger partial charge is 0.364 e. The molecular weight excluding hydrogens is 283 g/mol. The summed E-state index contributed by atoms with van der Waals surface area (Å²) in [6, 6.07) is 9.86. The van der Waals surface area contributed by atoms with Gasteiger partial charge in [0.05, 0.1) is 12.2 Å². The second-order valence-corrected chi connectivity index (χ2v) is 6.12. The van der Waals surface area contributed by atoms with Gasteiger partial charge in [-0.25, -0.2) is 4.39 Å². The molecule has 0 bridgehead atoms. The summed E-state index contributed by atoms with van der Waals surface area (Å²) in [6.45, 7) is 8.60.